The minimum Gasteiger partial charge on any atom is -0.255 e. The van der Waals surface area contributed by atoms with Gasteiger partial charge in [-0.15, -0.1) is 0 Å². The van der Waals surface area contributed by atoms with Crippen LogP contribution in [0, 0.1) is 17.1 Å². The van der Waals surface area contributed by atoms with Crippen molar-refractivity contribution in [2.24, 2.45) is 4.40 Å². The number of nitrogens with zero attached hydrogens (tertiary/aromatic N) is 3. The molecule has 0 radical (unpaired) electrons. The van der Waals surface area contributed by atoms with E-state index in [1.165, 1.54) is 18.2 Å². The third-order valence-electron chi connectivity index (χ3n) is 3.36. The summed E-state index contributed by atoms with van der Waals surface area (Å²) < 4.78 is 55.9. The van der Waals surface area contributed by atoms with Gasteiger partial charge in [0.1, 0.15) is 28.6 Å². The van der Waals surface area contributed by atoms with Crippen molar-refractivity contribution >= 4 is 16.7 Å². The molecule has 0 amide bonds. The molecule has 0 bridgehead atoms. The molecule has 2 aromatic rings. The van der Waals surface area contributed by atoms with Crippen LogP contribution in [0.15, 0.2) is 40.9 Å². The molecule has 0 aliphatic rings. The zero-order valence-corrected chi connectivity index (χ0v) is 15.1. The highest BCUT2D eigenvalue weighted by molar-refractivity contribution is 7.85. The molecule has 0 N–H and O–H groups in total. The third-order valence-corrected chi connectivity index (χ3v) is 4.75. The van der Waals surface area contributed by atoms with Gasteiger partial charge < -0.3 is 0 Å². The second kappa shape index (κ2) is 7.79. The summed E-state index contributed by atoms with van der Waals surface area (Å²) in [6.45, 7) is 5.08. The number of aromatic nitrogens is 1. The Kier molecular flexibility index (Phi) is 5.93. The first-order valence-electron chi connectivity index (χ1n) is 7.59. The van der Waals surface area contributed by atoms with Crippen LogP contribution in [0.2, 0.25) is 0 Å². The summed E-state index contributed by atoms with van der Waals surface area (Å²) in [6, 6.07) is 8.15. The van der Waals surface area contributed by atoms with E-state index < -0.39 is 33.7 Å². The normalized spacial score (nSPS) is 13.5. The number of nitriles is 1. The van der Waals surface area contributed by atoms with Crippen molar-refractivity contribution < 1.29 is 17.4 Å². The van der Waals surface area contributed by atoms with Crippen LogP contribution in [0.3, 0.4) is 0 Å². The summed E-state index contributed by atoms with van der Waals surface area (Å²) in [4.78, 5) is 3.58. The first-order valence-corrected chi connectivity index (χ1v) is 8.70. The topological polar surface area (TPSA) is 66.1 Å². The van der Waals surface area contributed by atoms with Crippen molar-refractivity contribution in [2.75, 3.05) is 0 Å². The van der Waals surface area contributed by atoms with Crippen molar-refractivity contribution in [3.63, 3.8) is 0 Å². The largest absolute Gasteiger partial charge is 0.280 e. The van der Waals surface area contributed by atoms with Crippen LogP contribution in [0.5, 0.6) is 0 Å². The molecule has 26 heavy (non-hydrogen) atoms. The van der Waals surface area contributed by atoms with E-state index in [1.807, 2.05) is 0 Å². The average molecular weight is 379 g/mol. The smallest absolute Gasteiger partial charge is 0.255 e. The lowest BCUT2D eigenvalue weighted by Gasteiger charge is -2.16. The number of rotatable bonds is 4. The number of pyridine rings is 1. The Morgan fingerprint density at radius 2 is 2.00 bits per heavy atom. The molecule has 1 atom stereocenters. The van der Waals surface area contributed by atoms with Gasteiger partial charge in [0.25, 0.3) is 6.43 Å². The summed E-state index contributed by atoms with van der Waals surface area (Å²) >= 11 is 0. The average Bonchev–Trinajstić information content (AvgIpc) is 2.58. The number of hydrogen-bond donors (Lipinski definition) is 0. The maximum Gasteiger partial charge on any atom is 0.280 e. The lowest BCUT2D eigenvalue weighted by atomic mass is 9.98. The summed E-state index contributed by atoms with van der Waals surface area (Å²) in [5.74, 6) is -0.776. The van der Waals surface area contributed by atoms with Crippen molar-refractivity contribution in [1.82, 2.24) is 4.98 Å². The Hall–Kier alpha value is -2.53. The minimum atomic E-state index is -2.81. The first-order chi connectivity index (χ1) is 12.1. The number of benzene rings is 1. The molecule has 2 rings (SSSR count). The molecule has 4 nitrogen and oxygen atoms in total. The third kappa shape index (κ3) is 4.35. The Labute approximate surface area is 152 Å². The number of halogens is 3. The fourth-order valence-corrected chi connectivity index (χ4v) is 2.67. The molecule has 0 unspecified atom stereocenters. The maximum atomic E-state index is 14.0. The van der Waals surface area contributed by atoms with Crippen LogP contribution in [0.4, 0.5) is 13.2 Å². The predicted molar refractivity (Wildman–Crippen MR) is 93.8 cm³/mol. The molecule has 8 heteroatoms. The molecular formula is C18H16F3N3OS. The van der Waals surface area contributed by atoms with Crippen molar-refractivity contribution in [2.45, 2.75) is 31.9 Å². The van der Waals surface area contributed by atoms with Crippen LogP contribution in [-0.2, 0) is 11.0 Å². The fourth-order valence-electron chi connectivity index (χ4n) is 2.03. The summed E-state index contributed by atoms with van der Waals surface area (Å²) in [7, 11) is -1.75. The monoisotopic (exact) mass is 379 g/mol. The Bertz CT molecular complexity index is 915. The molecule has 1 heterocycles. The van der Waals surface area contributed by atoms with Crippen LogP contribution in [-0.4, -0.2) is 19.7 Å². The molecular weight excluding hydrogens is 363 g/mol. The maximum absolute atomic E-state index is 14.0. The van der Waals surface area contributed by atoms with Crippen LogP contribution in [0.25, 0.3) is 0 Å². The zero-order chi connectivity index (χ0) is 19.5. The van der Waals surface area contributed by atoms with E-state index in [1.54, 1.807) is 26.8 Å². The van der Waals surface area contributed by atoms with Gasteiger partial charge in [-0.25, -0.2) is 17.4 Å². The highest BCUT2D eigenvalue weighted by Crippen LogP contribution is 2.23. The van der Waals surface area contributed by atoms with Crippen LogP contribution < -0.4 is 0 Å². The van der Waals surface area contributed by atoms with Gasteiger partial charge in [-0.1, -0.05) is 12.1 Å². The number of alkyl halides is 2. The van der Waals surface area contributed by atoms with Gasteiger partial charge in [0.05, 0.1) is 16.0 Å². The van der Waals surface area contributed by atoms with Gasteiger partial charge in [0, 0.05) is 17.3 Å². The number of hydrogen-bond acceptors (Lipinski definition) is 3. The Balaban J connectivity index is 2.75. The lowest BCUT2D eigenvalue weighted by Crippen LogP contribution is -2.22. The van der Waals surface area contributed by atoms with E-state index in [0.717, 1.165) is 18.3 Å². The van der Waals surface area contributed by atoms with Crippen LogP contribution >= 0.6 is 0 Å². The van der Waals surface area contributed by atoms with Crippen molar-refractivity contribution in [3.05, 3.63) is 64.7 Å². The van der Waals surface area contributed by atoms with Gasteiger partial charge >= 0.3 is 0 Å². The first kappa shape index (κ1) is 19.8. The van der Waals surface area contributed by atoms with Gasteiger partial charge in [0.2, 0.25) is 0 Å². The fraction of sp³-hybridized carbons (Fsp3) is 0.278. The quantitative estimate of drug-likeness (QED) is 0.743. The molecule has 0 spiro atoms. The van der Waals surface area contributed by atoms with E-state index >= 15 is 0 Å². The molecule has 0 saturated carbocycles. The van der Waals surface area contributed by atoms with E-state index in [0.29, 0.717) is 0 Å². The molecule has 0 aliphatic carbocycles. The molecule has 0 saturated heterocycles. The van der Waals surface area contributed by atoms with Gasteiger partial charge in [-0.05, 0) is 39.0 Å². The van der Waals surface area contributed by atoms with Gasteiger partial charge in [0.15, 0.2) is 0 Å². The lowest BCUT2D eigenvalue weighted by molar-refractivity contribution is 0.146. The SMILES string of the molecule is CC(C)(C)[S@@](=O)N=C(c1ccnc(C(F)F)c1)c1cccc(F)c1C#N. The van der Waals surface area contributed by atoms with Crippen LogP contribution in [0.1, 0.15) is 49.6 Å². The van der Waals surface area contributed by atoms with Crippen molar-refractivity contribution in [3.8, 4) is 6.07 Å². The van der Waals surface area contributed by atoms with Gasteiger partial charge in [-0.3, -0.25) is 4.98 Å². The Morgan fingerprint density at radius 1 is 1.31 bits per heavy atom. The molecule has 0 aliphatic heterocycles. The molecule has 1 aromatic carbocycles. The van der Waals surface area contributed by atoms with E-state index in [9.17, 15) is 22.6 Å². The molecule has 1 aromatic heterocycles. The predicted octanol–water partition coefficient (Wildman–Crippen LogP) is 4.33. The Morgan fingerprint density at radius 3 is 2.58 bits per heavy atom. The van der Waals surface area contributed by atoms with E-state index in [4.69, 9.17) is 0 Å². The van der Waals surface area contributed by atoms with Crippen molar-refractivity contribution in [1.29, 1.82) is 5.26 Å². The second-order valence-electron chi connectivity index (χ2n) is 6.35. The summed E-state index contributed by atoms with van der Waals surface area (Å²) in [6.07, 6.45) is -1.65. The highest BCUT2D eigenvalue weighted by Gasteiger charge is 2.23. The highest BCUT2D eigenvalue weighted by atomic mass is 32.2. The van der Waals surface area contributed by atoms with E-state index in [-0.39, 0.29) is 22.4 Å². The van der Waals surface area contributed by atoms with Gasteiger partial charge in [-0.2, -0.15) is 9.66 Å². The minimum absolute atomic E-state index is 0.00129. The van der Waals surface area contributed by atoms with E-state index in [2.05, 4.69) is 9.38 Å². The zero-order valence-electron chi connectivity index (χ0n) is 14.3. The second-order valence-corrected chi connectivity index (χ2v) is 8.25. The standard InChI is InChI=1S/C18H16F3N3OS/c1-18(2,3)26(25)24-16(11-7-8-23-15(9-11)17(20)21)12-5-4-6-14(19)13(12)10-22/h4-9,17H,1-3H3/t26-/m1/s1. The summed E-state index contributed by atoms with van der Waals surface area (Å²) in [5.41, 5.74) is -0.538. The molecule has 0 fully saturated rings. The summed E-state index contributed by atoms with van der Waals surface area (Å²) in [5, 5.41) is 9.28. The molecule has 136 valence electrons.